The Labute approximate surface area is 105 Å². The van der Waals surface area contributed by atoms with Gasteiger partial charge in [-0.2, -0.15) is 0 Å². The Morgan fingerprint density at radius 2 is 1.94 bits per heavy atom. The normalized spacial score (nSPS) is 12.0. The van der Waals surface area contributed by atoms with Crippen LogP contribution in [0.25, 0.3) is 0 Å². The lowest BCUT2D eigenvalue weighted by molar-refractivity contribution is -0.232. The first kappa shape index (κ1) is 13.7. The van der Waals surface area contributed by atoms with Gasteiger partial charge in [-0.1, -0.05) is 17.7 Å². The van der Waals surface area contributed by atoms with Crippen LogP contribution in [0.15, 0.2) is 23.1 Å². The number of benzene rings is 1. The highest BCUT2D eigenvalue weighted by atomic mass is 32.1. The molecule has 1 rings (SSSR count). The van der Waals surface area contributed by atoms with Gasteiger partial charge in [-0.25, -0.2) is 0 Å². The predicted octanol–water partition coefficient (Wildman–Crippen LogP) is 1.03. The van der Waals surface area contributed by atoms with Crippen molar-refractivity contribution in [2.24, 2.45) is 0 Å². The van der Waals surface area contributed by atoms with Crippen LogP contribution in [0.5, 0.6) is 0 Å². The molecule has 0 fully saturated rings. The van der Waals surface area contributed by atoms with Crippen molar-refractivity contribution < 1.29 is 13.9 Å². The van der Waals surface area contributed by atoms with E-state index in [2.05, 4.69) is 12.6 Å². The minimum absolute atomic E-state index is 0.378. The Bertz CT molecular complexity index is 353. The number of rotatable bonds is 5. The lowest BCUT2D eigenvalue weighted by atomic mass is 10.0. The molecule has 0 saturated carbocycles. The molecule has 0 heterocycles. The summed E-state index contributed by atoms with van der Waals surface area (Å²) in [7, 11) is 3.86. The van der Waals surface area contributed by atoms with Crippen LogP contribution >= 0.6 is 12.6 Å². The van der Waals surface area contributed by atoms with Crippen molar-refractivity contribution >= 4 is 23.1 Å². The number of aryl methyl sites for hydroxylation is 1. The van der Waals surface area contributed by atoms with E-state index >= 15 is 0 Å². The lowest BCUT2D eigenvalue weighted by Gasteiger charge is -2.31. The molecule has 0 unspecified atom stereocenters. The molecule has 0 atom stereocenters. The van der Waals surface area contributed by atoms with Gasteiger partial charge in [-0.15, -0.1) is 12.6 Å². The van der Waals surface area contributed by atoms with E-state index in [1.807, 2.05) is 25.1 Å². The highest BCUT2D eigenvalue weighted by molar-refractivity contribution is 7.80. The number of methoxy groups -OCH3 is 2. The fourth-order valence-corrected chi connectivity index (χ4v) is 2.48. The van der Waals surface area contributed by atoms with Gasteiger partial charge in [0.25, 0.3) is 0 Å². The van der Waals surface area contributed by atoms with E-state index in [0.717, 1.165) is 16.0 Å². The standard InChI is InChI=1S/C11H18O3SSi/c1-8-4-5-9(10(15)6-8)11(12-2,13-3)7-14-16/h4-6,15H,7H2,1-3,16H3. The molecule has 0 amide bonds. The molecular formula is C11H18O3SSi. The quantitative estimate of drug-likeness (QED) is 0.486. The van der Waals surface area contributed by atoms with Crippen LogP contribution < -0.4 is 0 Å². The van der Waals surface area contributed by atoms with Crippen LogP contribution in [0, 0.1) is 6.92 Å². The van der Waals surface area contributed by atoms with Crippen LogP contribution in [0.4, 0.5) is 0 Å². The summed E-state index contributed by atoms with van der Waals surface area (Å²) >= 11 is 4.46. The van der Waals surface area contributed by atoms with E-state index < -0.39 is 5.79 Å². The number of ether oxygens (including phenoxy) is 2. The Kier molecular flexibility index (Phi) is 5.01. The van der Waals surface area contributed by atoms with E-state index in [4.69, 9.17) is 13.9 Å². The zero-order chi connectivity index (χ0) is 12.2. The van der Waals surface area contributed by atoms with Crippen LogP contribution in [0.2, 0.25) is 0 Å². The van der Waals surface area contributed by atoms with Gasteiger partial charge < -0.3 is 13.9 Å². The molecule has 1 aromatic rings. The molecule has 3 nitrogen and oxygen atoms in total. The fourth-order valence-electron chi connectivity index (χ4n) is 1.65. The number of hydrogen-bond donors (Lipinski definition) is 1. The van der Waals surface area contributed by atoms with Crippen LogP contribution in [-0.2, 0) is 19.7 Å². The highest BCUT2D eigenvalue weighted by Crippen LogP contribution is 2.31. The van der Waals surface area contributed by atoms with Crippen molar-refractivity contribution in [1.29, 1.82) is 0 Å². The third kappa shape index (κ3) is 2.67. The molecule has 0 aliphatic rings. The van der Waals surface area contributed by atoms with E-state index in [0.29, 0.717) is 17.1 Å². The van der Waals surface area contributed by atoms with Crippen LogP contribution in [0.3, 0.4) is 0 Å². The first-order chi connectivity index (χ1) is 7.59. The smallest absolute Gasteiger partial charge is 0.218 e. The van der Waals surface area contributed by atoms with E-state index in [-0.39, 0.29) is 0 Å². The monoisotopic (exact) mass is 258 g/mol. The molecule has 0 spiro atoms. The summed E-state index contributed by atoms with van der Waals surface area (Å²) in [4.78, 5) is 0.849. The first-order valence-corrected chi connectivity index (χ1v) is 6.25. The summed E-state index contributed by atoms with van der Waals surface area (Å²) in [5, 5.41) is 0. The summed E-state index contributed by atoms with van der Waals surface area (Å²) in [5.41, 5.74) is 2.05. The molecule has 16 heavy (non-hydrogen) atoms. The summed E-state index contributed by atoms with van der Waals surface area (Å²) < 4.78 is 16.2. The summed E-state index contributed by atoms with van der Waals surface area (Å²) in [6, 6.07) is 5.96. The molecule has 0 aliphatic heterocycles. The lowest BCUT2D eigenvalue weighted by Crippen LogP contribution is -2.36. The topological polar surface area (TPSA) is 27.7 Å². The fraction of sp³-hybridized carbons (Fsp3) is 0.455. The maximum absolute atomic E-state index is 5.46. The third-order valence-electron chi connectivity index (χ3n) is 2.56. The summed E-state index contributed by atoms with van der Waals surface area (Å²) in [5.74, 6) is -0.855. The third-order valence-corrected chi connectivity index (χ3v) is 3.22. The second-order valence-electron chi connectivity index (χ2n) is 3.61. The van der Waals surface area contributed by atoms with Crippen molar-refractivity contribution in [2.45, 2.75) is 17.6 Å². The number of thiol groups is 1. The minimum Gasteiger partial charge on any atom is -0.422 e. The maximum Gasteiger partial charge on any atom is 0.218 e. The van der Waals surface area contributed by atoms with Crippen LogP contribution in [0.1, 0.15) is 11.1 Å². The Balaban J connectivity index is 3.19. The second-order valence-corrected chi connectivity index (χ2v) is 4.67. The average molecular weight is 258 g/mol. The van der Waals surface area contributed by atoms with Crippen LogP contribution in [-0.4, -0.2) is 31.3 Å². The first-order valence-electron chi connectivity index (χ1n) is 4.99. The van der Waals surface area contributed by atoms with Gasteiger partial charge in [0.1, 0.15) is 10.5 Å². The second kappa shape index (κ2) is 5.84. The van der Waals surface area contributed by atoms with E-state index in [1.165, 1.54) is 0 Å². The molecule has 0 radical (unpaired) electrons. The van der Waals surface area contributed by atoms with Gasteiger partial charge >= 0.3 is 0 Å². The van der Waals surface area contributed by atoms with E-state index in [1.54, 1.807) is 14.2 Å². The highest BCUT2D eigenvalue weighted by Gasteiger charge is 2.33. The average Bonchev–Trinajstić information content (AvgIpc) is 2.27. The molecule has 0 aliphatic carbocycles. The molecule has 1 aromatic carbocycles. The molecule has 0 saturated heterocycles. The van der Waals surface area contributed by atoms with Gasteiger partial charge in [0.15, 0.2) is 0 Å². The largest absolute Gasteiger partial charge is 0.422 e. The zero-order valence-corrected chi connectivity index (χ0v) is 13.0. The molecule has 0 aromatic heterocycles. The zero-order valence-electron chi connectivity index (χ0n) is 10.1. The molecule has 5 heteroatoms. The minimum atomic E-state index is -0.855. The predicted molar refractivity (Wildman–Crippen MR) is 70.0 cm³/mol. The Morgan fingerprint density at radius 3 is 2.38 bits per heavy atom. The Hall–Kier alpha value is -0.333. The van der Waals surface area contributed by atoms with E-state index in [9.17, 15) is 0 Å². The van der Waals surface area contributed by atoms with Crippen molar-refractivity contribution in [3.63, 3.8) is 0 Å². The van der Waals surface area contributed by atoms with Crippen molar-refractivity contribution in [3.05, 3.63) is 29.3 Å². The molecule has 90 valence electrons. The summed E-state index contributed by atoms with van der Waals surface area (Å²) in [6.45, 7) is 2.40. The number of hydrogen-bond acceptors (Lipinski definition) is 4. The SMILES string of the molecule is COC(CO[SiH3])(OC)c1ccc(C)cc1S. The molecule has 0 N–H and O–H groups in total. The van der Waals surface area contributed by atoms with Gasteiger partial charge in [0.05, 0.1) is 6.61 Å². The Morgan fingerprint density at radius 1 is 1.31 bits per heavy atom. The molecule has 0 bridgehead atoms. The van der Waals surface area contributed by atoms with Crippen molar-refractivity contribution in [3.8, 4) is 0 Å². The molecular weight excluding hydrogens is 240 g/mol. The van der Waals surface area contributed by atoms with Crippen molar-refractivity contribution in [1.82, 2.24) is 0 Å². The van der Waals surface area contributed by atoms with Crippen molar-refractivity contribution in [2.75, 3.05) is 20.8 Å². The van der Waals surface area contributed by atoms with Gasteiger partial charge in [0, 0.05) is 24.7 Å². The van der Waals surface area contributed by atoms with Gasteiger partial charge in [-0.05, 0) is 13.0 Å². The summed E-state index contributed by atoms with van der Waals surface area (Å²) in [6.07, 6.45) is 0. The maximum atomic E-state index is 5.46. The van der Waals surface area contributed by atoms with Gasteiger partial charge in [0.2, 0.25) is 5.79 Å². The van der Waals surface area contributed by atoms with Gasteiger partial charge in [-0.3, -0.25) is 0 Å².